The van der Waals surface area contributed by atoms with Crippen LogP contribution in [0.3, 0.4) is 0 Å². The summed E-state index contributed by atoms with van der Waals surface area (Å²) < 4.78 is 13.8. The molecule has 1 atom stereocenters. The van der Waals surface area contributed by atoms with Crippen LogP contribution < -0.4 is 5.56 Å². The lowest BCUT2D eigenvalue weighted by molar-refractivity contribution is 0.0632. The number of nitrogens with one attached hydrogen (secondary N) is 1. The average molecular weight is 418 g/mol. The fourth-order valence-corrected chi connectivity index (χ4v) is 4.99. The van der Waals surface area contributed by atoms with E-state index in [-0.39, 0.29) is 16.9 Å². The highest BCUT2D eigenvalue weighted by molar-refractivity contribution is 5.95. The number of hydrogen-bond acceptors (Lipinski definition) is 4. The van der Waals surface area contributed by atoms with Crippen molar-refractivity contribution in [3.8, 4) is 11.4 Å². The summed E-state index contributed by atoms with van der Waals surface area (Å²) in [6.45, 7) is 2.92. The number of nitrogens with zero attached hydrogens (tertiary/aromatic N) is 3. The average Bonchev–Trinajstić information content (AvgIpc) is 3.13. The molecule has 2 aromatic heterocycles. The summed E-state index contributed by atoms with van der Waals surface area (Å²) in [6.07, 6.45) is 6.46. The molecule has 0 saturated carbocycles. The van der Waals surface area contributed by atoms with Crippen LogP contribution in [0.1, 0.15) is 46.4 Å². The van der Waals surface area contributed by atoms with Crippen LogP contribution in [0.25, 0.3) is 11.4 Å². The first-order chi connectivity index (χ1) is 15.0. The molecule has 1 fully saturated rings. The molecule has 1 aromatic carbocycles. The van der Waals surface area contributed by atoms with E-state index in [1.165, 1.54) is 12.1 Å². The predicted molar refractivity (Wildman–Crippen MR) is 114 cm³/mol. The van der Waals surface area contributed by atoms with Crippen molar-refractivity contribution in [1.29, 1.82) is 0 Å². The van der Waals surface area contributed by atoms with Gasteiger partial charge >= 0.3 is 0 Å². The Labute approximate surface area is 179 Å². The Bertz CT molecular complexity index is 1220. The van der Waals surface area contributed by atoms with E-state index in [0.29, 0.717) is 36.5 Å². The number of piperidine rings is 1. The number of hydrogen-bond donors (Lipinski definition) is 1. The van der Waals surface area contributed by atoms with Crippen LogP contribution in [-0.2, 0) is 11.8 Å². The minimum atomic E-state index is -0.416. The van der Waals surface area contributed by atoms with E-state index in [9.17, 15) is 14.0 Å². The number of halogens is 1. The zero-order valence-corrected chi connectivity index (χ0v) is 17.3. The van der Waals surface area contributed by atoms with E-state index in [0.717, 1.165) is 36.1 Å². The maximum Gasteiger partial charge on any atom is 0.254 e. The maximum atomic E-state index is 13.8. The van der Waals surface area contributed by atoms with Crippen LogP contribution >= 0.6 is 0 Å². The summed E-state index contributed by atoms with van der Waals surface area (Å²) in [5.74, 6) is -0.0782. The van der Waals surface area contributed by atoms with Gasteiger partial charge in [0, 0.05) is 47.6 Å². The smallest absolute Gasteiger partial charge is 0.254 e. The lowest BCUT2D eigenvalue weighted by atomic mass is 9.77. The minimum Gasteiger partial charge on any atom is -0.338 e. The van der Waals surface area contributed by atoms with Crippen LogP contribution in [0.15, 0.2) is 47.5 Å². The van der Waals surface area contributed by atoms with Crippen molar-refractivity contribution < 1.29 is 9.18 Å². The highest BCUT2D eigenvalue weighted by Gasteiger charge is 2.46. The molecule has 3 heterocycles. The number of fused-ring (bicyclic) bond motifs is 2. The van der Waals surface area contributed by atoms with Crippen molar-refractivity contribution in [1.82, 2.24) is 19.9 Å². The fourth-order valence-electron chi connectivity index (χ4n) is 4.99. The van der Waals surface area contributed by atoms with Gasteiger partial charge in [-0.05, 0) is 62.4 Å². The first-order valence-electron chi connectivity index (χ1n) is 10.6. The second-order valence-electron chi connectivity index (χ2n) is 8.55. The maximum absolute atomic E-state index is 13.8. The van der Waals surface area contributed by atoms with E-state index >= 15 is 0 Å². The van der Waals surface area contributed by atoms with Crippen molar-refractivity contribution in [2.75, 3.05) is 13.1 Å². The van der Waals surface area contributed by atoms with Crippen LogP contribution in [0, 0.1) is 12.7 Å². The largest absolute Gasteiger partial charge is 0.338 e. The molecule has 6 nitrogen and oxygen atoms in total. The molecule has 1 N–H and O–H groups in total. The molecule has 5 rings (SSSR count). The lowest BCUT2D eigenvalue weighted by Crippen LogP contribution is -2.48. The Morgan fingerprint density at radius 1 is 1.26 bits per heavy atom. The molecule has 0 bridgehead atoms. The van der Waals surface area contributed by atoms with Crippen LogP contribution in [0.4, 0.5) is 4.39 Å². The molecular weight excluding hydrogens is 395 g/mol. The molecule has 1 aliphatic heterocycles. The molecule has 1 saturated heterocycles. The van der Waals surface area contributed by atoms with E-state index in [2.05, 4.69) is 9.97 Å². The second kappa shape index (κ2) is 7.41. The van der Waals surface area contributed by atoms with Crippen LogP contribution in [-0.4, -0.2) is 38.8 Å². The number of rotatable bonds is 2. The third kappa shape index (κ3) is 3.34. The van der Waals surface area contributed by atoms with Gasteiger partial charge in [-0.1, -0.05) is 6.07 Å². The number of likely N-dealkylation sites (tertiary alicyclic amines) is 1. The molecule has 2 aliphatic rings. The fraction of sp³-hybridized carbons (Fsp3) is 0.333. The summed E-state index contributed by atoms with van der Waals surface area (Å²) in [6, 6.07) is 7.98. The SMILES string of the molecule is Cc1ccc(F)cc1C(=O)N1CCCC2(CCc3c2nc(-c2cccnc2)[nH]c3=O)C1. The zero-order valence-electron chi connectivity index (χ0n) is 17.3. The Hall–Kier alpha value is -3.35. The van der Waals surface area contributed by atoms with Crippen molar-refractivity contribution >= 4 is 5.91 Å². The number of H-pyrrole nitrogens is 1. The van der Waals surface area contributed by atoms with Crippen LogP contribution in [0.5, 0.6) is 0 Å². The van der Waals surface area contributed by atoms with Crippen molar-refractivity contribution in [2.45, 2.75) is 38.0 Å². The number of aryl methyl sites for hydroxylation is 1. The molecule has 7 heteroatoms. The van der Waals surface area contributed by atoms with Gasteiger partial charge in [0.1, 0.15) is 11.6 Å². The monoisotopic (exact) mass is 418 g/mol. The van der Waals surface area contributed by atoms with Gasteiger partial charge in [0.15, 0.2) is 0 Å². The third-order valence-electron chi connectivity index (χ3n) is 6.60. The topological polar surface area (TPSA) is 79.0 Å². The van der Waals surface area contributed by atoms with Gasteiger partial charge in [0.05, 0.1) is 5.69 Å². The van der Waals surface area contributed by atoms with E-state index < -0.39 is 5.82 Å². The number of carbonyl (C=O) groups excluding carboxylic acids is 1. The van der Waals surface area contributed by atoms with E-state index in [4.69, 9.17) is 4.98 Å². The predicted octanol–water partition coefficient (Wildman–Crippen LogP) is 3.40. The summed E-state index contributed by atoms with van der Waals surface area (Å²) in [5, 5.41) is 0. The summed E-state index contributed by atoms with van der Waals surface area (Å²) >= 11 is 0. The summed E-state index contributed by atoms with van der Waals surface area (Å²) in [4.78, 5) is 39.7. The number of benzene rings is 1. The molecule has 1 amide bonds. The van der Waals surface area contributed by atoms with Crippen LogP contribution in [0.2, 0.25) is 0 Å². The molecule has 1 spiro atoms. The Morgan fingerprint density at radius 3 is 2.94 bits per heavy atom. The molecule has 31 heavy (non-hydrogen) atoms. The quantitative estimate of drug-likeness (QED) is 0.692. The lowest BCUT2D eigenvalue weighted by Gasteiger charge is -2.40. The molecular formula is C24H23FN4O2. The zero-order chi connectivity index (χ0) is 21.6. The standard InChI is InChI=1S/C24H23FN4O2/c1-15-5-6-17(25)12-19(15)23(31)29-11-3-8-24(14-29)9-7-18-20(24)27-21(28-22(18)30)16-4-2-10-26-13-16/h2,4-6,10,12-13H,3,7-9,11,14H2,1H3,(H,27,28,30). The first kappa shape index (κ1) is 19.6. The molecule has 0 radical (unpaired) electrons. The number of amides is 1. The van der Waals surface area contributed by atoms with Gasteiger partial charge in [0.2, 0.25) is 0 Å². The van der Waals surface area contributed by atoms with Crippen molar-refractivity contribution in [3.63, 3.8) is 0 Å². The van der Waals surface area contributed by atoms with Gasteiger partial charge in [-0.2, -0.15) is 0 Å². The third-order valence-corrected chi connectivity index (χ3v) is 6.60. The Balaban J connectivity index is 1.52. The van der Waals surface area contributed by atoms with Gasteiger partial charge in [0.25, 0.3) is 11.5 Å². The second-order valence-corrected chi connectivity index (χ2v) is 8.55. The summed E-state index contributed by atoms with van der Waals surface area (Å²) in [5.41, 5.74) is 2.94. The number of aromatic nitrogens is 3. The van der Waals surface area contributed by atoms with E-state index in [1.807, 2.05) is 13.0 Å². The first-order valence-corrected chi connectivity index (χ1v) is 10.6. The molecule has 158 valence electrons. The summed E-state index contributed by atoms with van der Waals surface area (Å²) in [7, 11) is 0. The van der Waals surface area contributed by atoms with Gasteiger partial charge in [-0.3, -0.25) is 14.6 Å². The van der Waals surface area contributed by atoms with Gasteiger partial charge < -0.3 is 9.88 Å². The van der Waals surface area contributed by atoms with Gasteiger partial charge in [-0.15, -0.1) is 0 Å². The highest BCUT2D eigenvalue weighted by atomic mass is 19.1. The highest BCUT2D eigenvalue weighted by Crippen LogP contribution is 2.43. The van der Waals surface area contributed by atoms with E-state index in [1.54, 1.807) is 29.4 Å². The number of aromatic amines is 1. The van der Waals surface area contributed by atoms with Crippen molar-refractivity contribution in [3.05, 3.63) is 81.3 Å². The molecule has 3 aromatic rings. The Kier molecular flexibility index (Phi) is 4.68. The van der Waals surface area contributed by atoms with Crippen molar-refractivity contribution in [2.24, 2.45) is 0 Å². The minimum absolute atomic E-state index is 0.120. The molecule has 1 aliphatic carbocycles. The van der Waals surface area contributed by atoms with Gasteiger partial charge in [-0.25, -0.2) is 9.37 Å². The normalized spacial score (nSPS) is 20.1. The Morgan fingerprint density at radius 2 is 2.13 bits per heavy atom. The molecule has 1 unspecified atom stereocenters. The number of pyridine rings is 1. The number of carbonyl (C=O) groups is 1.